The summed E-state index contributed by atoms with van der Waals surface area (Å²) < 4.78 is 6.33. The molecule has 7 heteroatoms. The van der Waals surface area contributed by atoms with E-state index in [4.69, 9.17) is 4.74 Å². The van der Waals surface area contributed by atoms with Crippen molar-refractivity contribution in [3.8, 4) is 16.9 Å². The van der Waals surface area contributed by atoms with Crippen LogP contribution in [0.25, 0.3) is 22.0 Å². The molecule has 1 aliphatic heterocycles. The van der Waals surface area contributed by atoms with E-state index in [1.807, 2.05) is 54.4 Å². The third-order valence-electron chi connectivity index (χ3n) is 6.66. The highest BCUT2D eigenvalue weighted by Gasteiger charge is 2.26. The van der Waals surface area contributed by atoms with Gasteiger partial charge in [0.2, 0.25) is 0 Å². The molecule has 0 radical (unpaired) electrons. The number of aromatic carboxylic acids is 1. The molecule has 3 heterocycles. The Morgan fingerprint density at radius 2 is 1.87 bits per heavy atom. The Hall–Kier alpha value is -3.68. The normalized spacial score (nSPS) is 14.5. The molecule has 0 spiro atoms. The second-order valence-corrected chi connectivity index (χ2v) is 11.8. The van der Waals surface area contributed by atoms with Gasteiger partial charge in [0, 0.05) is 54.7 Å². The first-order chi connectivity index (χ1) is 18.6. The number of pyridine rings is 1. The Labute approximate surface area is 229 Å². The van der Waals surface area contributed by atoms with E-state index in [-0.39, 0.29) is 0 Å². The number of carboxylic acids is 1. The van der Waals surface area contributed by atoms with Crippen LogP contribution in [0.5, 0.6) is 5.75 Å². The largest absolute Gasteiger partial charge is 0.487 e. The Morgan fingerprint density at radius 3 is 2.66 bits per heavy atom. The Balaban J connectivity index is 1.24. The molecule has 0 aliphatic carbocycles. The SMILES string of the molecule is CC1Cc2c(OCc3ccc(-c4ccccc4)cn3)ccc3[nH]c(CSc4ccccc4C(=O)O)c(c23)S1. The van der Waals surface area contributed by atoms with Crippen LogP contribution in [0.1, 0.15) is 34.2 Å². The van der Waals surface area contributed by atoms with Crippen molar-refractivity contribution in [2.45, 2.75) is 40.7 Å². The van der Waals surface area contributed by atoms with Gasteiger partial charge in [-0.05, 0) is 42.3 Å². The Morgan fingerprint density at radius 1 is 1.05 bits per heavy atom. The van der Waals surface area contributed by atoms with Gasteiger partial charge in [0.25, 0.3) is 0 Å². The molecule has 2 aromatic heterocycles. The molecule has 3 aromatic carbocycles. The van der Waals surface area contributed by atoms with E-state index in [1.165, 1.54) is 15.8 Å². The second kappa shape index (κ2) is 10.6. The topological polar surface area (TPSA) is 75.2 Å². The molecular weight excluding hydrogens is 512 g/mol. The summed E-state index contributed by atoms with van der Waals surface area (Å²) in [6.07, 6.45) is 2.83. The van der Waals surface area contributed by atoms with Crippen molar-refractivity contribution in [1.29, 1.82) is 0 Å². The molecule has 190 valence electrons. The van der Waals surface area contributed by atoms with Crippen molar-refractivity contribution in [2.24, 2.45) is 0 Å². The number of aromatic nitrogens is 2. The molecule has 1 aliphatic rings. The molecule has 38 heavy (non-hydrogen) atoms. The minimum absolute atomic E-state index is 0.338. The monoisotopic (exact) mass is 538 g/mol. The standard InChI is InChI=1S/C31H26N2O3S2/c1-19-15-24-27(36-17-22-12-11-21(16-32-22)20-7-3-2-4-8-20)14-13-25-29(24)30(38-19)26(33-25)18-37-28-10-6-5-9-23(28)31(34)35/h2-14,16,19,33H,15,17-18H2,1H3,(H,34,35). The van der Waals surface area contributed by atoms with E-state index in [1.54, 1.807) is 23.9 Å². The minimum Gasteiger partial charge on any atom is -0.487 e. The number of rotatable bonds is 8. The highest BCUT2D eigenvalue weighted by Crippen LogP contribution is 2.46. The van der Waals surface area contributed by atoms with Gasteiger partial charge in [-0.15, -0.1) is 23.5 Å². The third kappa shape index (κ3) is 4.91. The van der Waals surface area contributed by atoms with E-state index in [0.717, 1.165) is 45.1 Å². The van der Waals surface area contributed by atoms with E-state index in [0.29, 0.717) is 23.2 Å². The molecule has 0 saturated carbocycles. The van der Waals surface area contributed by atoms with Crippen molar-refractivity contribution in [3.05, 3.63) is 108 Å². The van der Waals surface area contributed by atoms with Crippen molar-refractivity contribution in [1.82, 2.24) is 9.97 Å². The van der Waals surface area contributed by atoms with Crippen molar-refractivity contribution >= 4 is 40.4 Å². The van der Waals surface area contributed by atoms with Crippen molar-refractivity contribution in [3.63, 3.8) is 0 Å². The van der Waals surface area contributed by atoms with E-state index < -0.39 is 5.97 Å². The van der Waals surface area contributed by atoms with Gasteiger partial charge in [-0.25, -0.2) is 4.79 Å². The number of hydrogen-bond acceptors (Lipinski definition) is 5. The molecule has 6 rings (SSSR count). The maximum atomic E-state index is 11.6. The van der Waals surface area contributed by atoms with Crippen LogP contribution in [-0.4, -0.2) is 26.3 Å². The lowest BCUT2D eigenvalue weighted by atomic mass is 10.0. The van der Waals surface area contributed by atoms with Gasteiger partial charge < -0.3 is 14.8 Å². The van der Waals surface area contributed by atoms with Gasteiger partial charge in [-0.3, -0.25) is 4.98 Å². The summed E-state index contributed by atoms with van der Waals surface area (Å²) in [5.41, 5.74) is 6.90. The minimum atomic E-state index is -0.901. The van der Waals surface area contributed by atoms with Crippen molar-refractivity contribution in [2.75, 3.05) is 0 Å². The lowest BCUT2D eigenvalue weighted by Gasteiger charge is -2.22. The fourth-order valence-corrected chi connectivity index (χ4v) is 7.21. The first-order valence-corrected chi connectivity index (χ1v) is 14.3. The average molecular weight is 539 g/mol. The zero-order chi connectivity index (χ0) is 26.1. The number of nitrogens with zero attached hydrogens (tertiary/aromatic N) is 1. The maximum absolute atomic E-state index is 11.6. The number of hydrogen-bond donors (Lipinski definition) is 2. The predicted octanol–water partition coefficient (Wildman–Crippen LogP) is 7.84. The summed E-state index contributed by atoms with van der Waals surface area (Å²) in [6, 6.07) is 25.7. The number of benzene rings is 3. The van der Waals surface area contributed by atoms with Gasteiger partial charge in [-0.1, -0.05) is 55.5 Å². The summed E-state index contributed by atoms with van der Waals surface area (Å²) in [7, 11) is 0. The first kappa shape index (κ1) is 24.6. The number of carbonyl (C=O) groups is 1. The quantitative estimate of drug-likeness (QED) is 0.196. The number of thioether (sulfide) groups is 2. The summed E-state index contributed by atoms with van der Waals surface area (Å²) in [5, 5.41) is 11.2. The first-order valence-electron chi connectivity index (χ1n) is 12.5. The van der Waals surface area contributed by atoms with Gasteiger partial charge in [0.15, 0.2) is 0 Å². The molecule has 5 nitrogen and oxygen atoms in total. The number of ether oxygens (including phenoxy) is 1. The molecule has 0 saturated heterocycles. The van der Waals surface area contributed by atoms with Gasteiger partial charge >= 0.3 is 5.97 Å². The lowest BCUT2D eigenvalue weighted by molar-refractivity contribution is 0.0693. The average Bonchev–Trinajstić information content (AvgIpc) is 3.30. The number of nitrogens with one attached hydrogen (secondary N) is 1. The molecular formula is C31H26N2O3S2. The maximum Gasteiger partial charge on any atom is 0.336 e. The van der Waals surface area contributed by atoms with Gasteiger partial charge in [-0.2, -0.15) is 0 Å². The summed E-state index contributed by atoms with van der Waals surface area (Å²) in [5.74, 6) is 0.665. The van der Waals surface area contributed by atoms with Gasteiger partial charge in [0.05, 0.1) is 11.3 Å². The van der Waals surface area contributed by atoms with Crippen LogP contribution in [0, 0.1) is 0 Å². The summed E-state index contributed by atoms with van der Waals surface area (Å²) in [4.78, 5) is 21.9. The number of carboxylic acid groups (broad SMARTS) is 1. The van der Waals surface area contributed by atoms with Crippen LogP contribution in [0.15, 0.2) is 94.9 Å². The zero-order valence-electron chi connectivity index (χ0n) is 20.8. The molecule has 0 amide bonds. The highest BCUT2D eigenvalue weighted by molar-refractivity contribution is 8.00. The fourth-order valence-electron chi connectivity index (χ4n) is 4.84. The summed E-state index contributed by atoms with van der Waals surface area (Å²) >= 11 is 3.43. The molecule has 0 fully saturated rings. The van der Waals surface area contributed by atoms with Crippen molar-refractivity contribution < 1.29 is 14.6 Å². The fraction of sp³-hybridized carbons (Fsp3) is 0.161. The highest BCUT2D eigenvalue weighted by atomic mass is 32.2. The molecule has 5 aromatic rings. The van der Waals surface area contributed by atoms with Crippen LogP contribution < -0.4 is 4.74 Å². The number of H-pyrrole nitrogens is 1. The molecule has 0 bridgehead atoms. The Bertz CT molecular complexity index is 1610. The van der Waals surface area contributed by atoms with Crippen LogP contribution >= 0.6 is 23.5 Å². The predicted molar refractivity (Wildman–Crippen MR) is 154 cm³/mol. The van der Waals surface area contributed by atoms with Crippen LogP contribution in [0.4, 0.5) is 0 Å². The van der Waals surface area contributed by atoms with Crippen LogP contribution in [-0.2, 0) is 18.8 Å². The van der Waals surface area contributed by atoms with Crippen LogP contribution in [0.3, 0.4) is 0 Å². The lowest BCUT2D eigenvalue weighted by Crippen LogP contribution is -2.09. The number of aromatic amines is 1. The third-order valence-corrected chi connectivity index (χ3v) is 9.02. The van der Waals surface area contributed by atoms with E-state index >= 15 is 0 Å². The molecule has 2 N–H and O–H groups in total. The summed E-state index contributed by atoms with van der Waals surface area (Å²) in [6.45, 7) is 2.65. The Kier molecular flexibility index (Phi) is 6.87. The van der Waals surface area contributed by atoms with Gasteiger partial charge in [0.1, 0.15) is 12.4 Å². The van der Waals surface area contributed by atoms with Crippen LogP contribution in [0.2, 0.25) is 0 Å². The smallest absolute Gasteiger partial charge is 0.336 e. The zero-order valence-corrected chi connectivity index (χ0v) is 22.4. The van der Waals surface area contributed by atoms with E-state index in [9.17, 15) is 9.90 Å². The van der Waals surface area contributed by atoms with E-state index in [2.05, 4.69) is 47.2 Å². The molecule has 1 unspecified atom stereocenters. The second-order valence-electron chi connectivity index (χ2n) is 9.31. The molecule has 1 atom stereocenters.